The van der Waals surface area contributed by atoms with Crippen molar-refractivity contribution in [3.05, 3.63) is 0 Å². The standard InChI is InChI=1S/C24H38O22/c1-3-14(43-22-11(32)6(27)5(26)4(2-25)41-22)13(34)17(46-23-12(33)7(28)8(29)16(45-23)19(35)36)24(40-3)44-15-9(30)10(31)21(39)42-18(15)20(37)38/h3-18,21-34,39H,2H2,1H3,(H,35,36)(H,37,38)/t3-,4+,5-,6-,7-,8+,9+,10+,11+,12+,13+,14-,15+,16-,17+,18-,21?,22?,23?,24?/m0/s1. The summed E-state index contributed by atoms with van der Waals surface area (Å²) in [5, 5.41) is 132. The first-order valence-electron chi connectivity index (χ1n) is 13.9. The van der Waals surface area contributed by atoms with Crippen LogP contribution in [-0.2, 0) is 42.7 Å². The summed E-state index contributed by atoms with van der Waals surface area (Å²) >= 11 is 0. The van der Waals surface area contributed by atoms with E-state index in [-0.39, 0.29) is 0 Å². The van der Waals surface area contributed by atoms with Crippen molar-refractivity contribution in [1.82, 2.24) is 0 Å². The number of hydrogen-bond donors (Lipinski definition) is 13. The molecule has 0 aromatic heterocycles. The van der Waals surface area contributed by atoms with Crippen LogP contribution in [-0.4, -0.2) is 208 Å². The van der Waals surface area contributed by atoms with Gasteiger partial charge >= 0.3 is 11.9 Å². The molecule has 13 N–H and O–H groups in total. The van der Waals surface area contributed by atoms with Crippen LogP contribution in [0.4, 0.5) is 0 Å². The first-order valence-corrected chi connectivity index (χ1v) is 13.9. The minimum absolute atomic E-state index is 0.835. The van der Waals surface area contributed by atoms with Crippen LogP contribution >= 0.6 is 0 Å². The van der Waals surface area contributed by atoms with E-state index in [4.69, 9.17) is 33.2 Å². The van der Waals surface area contributed by atoms with Crippen LogP contribution in [0.25, 0.3) is 0 Å². The molecule has 4 unspecified atom stereocenters. The Morgan fingerprint density at radius 1 is 0.522 bits per heavy atom. The Kier molecular flexibility index (Phi) is 11.9. The summed E-state index contributed by atoms with van der Waals surface area (Å²) in [6, 6.07) is 0. The summed E-state index contributed by atoms with van der Waals surface area (Å²) in [6.07, 6.45) is -39.6. The molecule has 4 rings (SSSR count). The Morgan fingerprint density at radius 2 is 1.04 bits per heavy atom. The van der Waals surface area contributed by atoms with Gasteiger partial charge < -0.3 is 99.5 Å². The highest BCUT2D eigenvalue weighted by atomic mass is 16.8. The summed E-state index contributed by atoms with van der Waals surface area (Å²) in [4.78, 5) is 23.4. The fourth-order valence-electron chi connectivity index (χ4n) is 5.45. The first kappa shape index (κ1) is 37.0. The largest absolute Gasteiger partial charge is 0.479 e. The molecule has 4 heterocycles. The number of ether oxygens (including phenoxy) is 7. The molecule has 0 radical (unpaired) electrons. The molecule has 4 fully saturated rings. The second-order valence-electron chi connectivity index (χ2n) is 11.2. The SMILES string of the molecule is C[C@@H]1OC(O[C@@H]2[C@H](O)[C@@H](O)C(O)O[C@@H]2C(=O)O)[C@H](OC2O[C@H](C(=O)O)[C@H](O)[C@H](O)[C@H]2O)[C@H](O)[C@H]1OC1O[C@H](CO)[C@H](O)[C@H](O)[C@H]1O. The zero-order chi connectivity index (χ0) is 34.4. The predicted octanol–water partition coefficient (Wildman–Crippen LogP) is -8.54. The molecular weight excluding hydrogens is 640 g/mol. The Hall–Kier alpha value is -1.78. The lowest BCUT2D eigenvalue weighted by Gasteiger charge is -2.49. The van der Waals surface area contributed by atoms with Crippen molar-refractivity contribution < 1.29 is 109 Å². The molecule has 0 spiro atoms. The molecule has 0 aromatic rings. The summed E-state index contributed by atoms with van der Waals surface area (Å²) in [6.45, 7) is 0.413. The Bertz CT molecular complexity index is 1050. The molecule has 4 saturated heterocycles. The number of aliphatic carboxylic acids is 2. The fraction of sp³-hybridized carbons (Fsp3) is 0.917. The van der Waals surface area contributed by atoms with Crippen LogP contribution in [0.15, 0.2) is 0 Å². The van der Waals surface area contributed by atoms with Crippen molar-refractivity contribution >= 4 is 11.9 Å². The van der Waals surface area contributed by atoms with E-state index in [0.717, 1.165) is 0 Å². The number of aliphatic hydroxyl groups is 11. The third kappa shape index (κ3) is 7.14. The molecule has 0 bridgehead atoms. The van der Waals surface area contributed by atoms with Crippen molar-refractivity contribution in [2.45, 2.75) is 130 Å². The summed E-state index contributed by atoms with van der Waals surface area (Å²) in [5.41, 5.74) is 0. The predicted molar refractivity (Wildman–Crippen MR) is 134 cm³/mol. The quantitative estimate of drug-likeness (QED) is 0.108. The van der Waals surface area contributed by atoms with E-state index in [0.29, 0.717) is 0 Å². The van der Waals surface area contributed by atoms with Crippen LogP contribution in [0.1, 0.15) is 6.92 Å². The average molecular weight is 679 g/mol. The molecule has 0 saturated carbocycles. The topological polar surface area (TPSA) is 362 Å². The third-order valence-electron chi connectivity index (χ3n) is 8.09. The van der Waals surface area contributed by atoms with E-state index in [9.17, 15) is 76.0 Å². The molecule has 20 atom stereocenters. The van der Waals surface area contributed by atoms with Crippen LogP contribution in [0.5, 0.6) is 0 Å². The van der Waals surface area contributed by atoms with Gasteiger partial charge in [-0.25, -0.2) is 9.59 Å². The molecular formula is C24H38O22. The number of aliphatic hydroxyl groups excluding tert-OH is 11. The maximum Gasteiger partial charge on any atom is 0.335 e. The van der Waals surface area contributed by atoms with Crippen molar-refractivity contribution in [3.8, 4) is 0 Å². The maximum absolute atomic E-state index is 11.8. The zero-order valence-electron chi connectivity index (χ0n) is 23.7. The maximum atomic E-state index is 11.8. The smallest absolute Gasteiger partial charge is 0.335 e. The second-order valence-corrected chi connectivity index (χ2v) is 11.2. The van der Waals surface area contributed by atoms with E-state index in [1.807, 2.05) is 0 Å². The molecule has 0 aromatic carbocycles. The van der Waals surface area contributed by atoms with Gasteiger partial charge in [0, 0.05) is 0 Å². The van der Waals surface area contributed by atoms with Crippen LogP contribution in [0, 0.1) is 0 Å². The van der Waals surface area contributed by atoms with E-state index in [1.54, 1.807) is 0 Å². The van der Waals surface area contributed by atoms with Gasteiger partial charge in [0.2, 0.25) is 0 Å². The number of hydrogen-bond acceptors (Lipinski definition) is 20. The van der Waals surface area contributed by atoms with Crippen LogP contribution < -0.4 is 0 Å². The number of carboxylic acids is 2. The number of carbonyl (C=O) groups is 2. The van der Waals surface area contributed by atoms with E-state index < -0.39 is 141 Å². The van der Waals surface area contributed by atoms with Crippen molar-refractivity contribution in [1.29, 1.82) is 0 Å². The molecule has 22 heteroatoms. The Labute approximate surface area is 258 Å². The van der Waals surface area contributed by atoms with Crippen LogP contribution in [0.3, 0.4) is 0 Å². The van der Waals surface area contributed by atoms with Crippen LogP contribution in [0.2, 0.25) is 0 Å². The summed E-state index contributed by atoms with van der Waals surface area (Å²) in [7, 11) is 0. The fourth-order valence-corrected chi connectivity index (χ4v) is 5.45. The minimum atomic E-state index is -2.19. The first-order chi connectivity index (χ1) is 21.5. The van der Waals surface area contributed by atoms with E-state index in [1.165, 1.54) is 6.92 Å². The Morgan fingerprint density at radius 3 is 1.61 bits per heavy atom. The highest BCUT2D eigenvalue weighted by Crippen LogP contribution is 2.35. The van der Waals surface area contributed by atoms with Gasteiger partial charge in [-0.05, 0) is 6.92 Å². The van der Waals surface area contributed by atoms with Crippen molar-refractivity contribution in [3.63, 3.8) is 0 Å². The van der Waals surface area contributed by atoms with Gasteiger partial charge in [-0.2, -0.15) is 0 Å². The van der Waals surface area contributed by atoms with Gasteiger partial charge in [0.05, 0.1) is 12.7 Å². The van der Waals surface area contributed by atoms with Gasteiger partial charge in [0.15, 0.2) is 37.4 Å². The monoisotopic (exact) mass is 678 g/mol. The highest BCUT2D eigenvalue weighted by molar-refractivity contribution is 5.73. The molecule has 266 valence electrons. The number of carboxylic acid groups (broad SMARTS) is 2. The highest BCUT2D eigenvalue weighted by Gasteiger charge is 2.56. The van der Waals surface area contributed by atoms with Crippen molar-refractivity contribution in [2.75, 3.05) is 6.61 Å². The average Bonchev–Trinajstić information content (AvgIpc) is 3.00. The molecule has 0 amide bonds. The lowest BCUT2D eigenvalue weighted by molar-refractivity contribution is -0.395. The van der Waals surface area contributed by atoms with Gasteiger partial charge in [-0.1, -0.05) is 0 Å². The number of rotatable bonds is 9. The lowest BCUT2D eigenvalue weighted by Crippen LogP contribution is -2.68. The van der Waals surface area contributed by atoms with Gasteiger partial charge in [0.1, 0.15) is 79.4 Å². The lowest BCUT2D eigenvalue weighted by atomic mass is 9.95. The third-order valence-corrected chi connectivity index (χ3v) is 8.09. The minimum Gasteiger partial charge on any atom is -0.479 e. The van der Waals surface area contributed by atoms with E-state index in [2.05, 4.69) is 0 Å². The molecule has 0 aliphatic carbocycles. The normalized spacial score (nSPS) is 51.8. The van der Waals surface area contributed by atoms with Gasteiger partial charge in [-0.15, -0.1) is 0 Å². The van der Waals surface area contributed by atoms with Gasteiger partial charge in [0.25, 0.3) is 0 Å². The van der Waals surface area contributed by atoms with E-state index >= 15 is 0 Å². The Balaban J connectivity index is 1.65. The summed E-state index contributed by atoms with van der Waals surface area (Å²) in [5.74, 6) is -3.58. The van der Waals surface area contributed by atoms with Gasteiger partial charge in [-0.3, -0.25) is 0 Å². The second kappa shape index (κ2) is 14.8. The summed E-state index contributed by atoms with van der Waals surface area (Å²) < 4.78 is 37.7. The zero-order valence-corrected chi connectivity index (χ0v) is 23.7. The molecule has 46 heavy (non-hydrogen) atoms. The van der Waals surface area contributed by atoms with Crippen molar-refractivity contribution in [2.24, 2.45) is 0 Å². The molecule has 4 aliphatic rings. The molecule has 22 nitrogen and oxygen atoms in total. The molecule has 4 aliphatic heterocycles.